The van der Waals surface area contributed by atoms with Gasteiger partial charge < -0.3 is 128 Å². The summed E-state index contributed by atoms with van der Waals surface area (Å²) < 4.78 is 0. The highest BCUT2D eigenvalue weighted by atomic mass is 16.4. The van der Waals surface area contributed by atoms with E-state index in [0.29, 0.717) is 0 Å². The maximum absolute atomic E-state index is 14.2. The number of carbonyl (C=O) groups is 15. The SMILES string of the molecule is CC[C@H](C)[C@H](NC(=O)[C@H](CC(N)=O)NC(=O)[C@H](CO)NC(=O)[C@H](CO)NC(=O)[C@H](CO)NC(=O)CNC(=O)[C@@H](N)CO)C(=O)N[C@@H](CCCN=C(N)N)C(=O)N[C@@H](CO)C(=O)N[C@@H](CC(N)=O)C(=O)N1CCC[C@H]1C(=O)N[C@H](C(=O)N[C@@H](CO)C(=O)O)C(C)C. The maximum atomic E-state index is 14.2. The van der Waals surface area contributed by atoms with Crippen LogP contribution in [0.3, 0.4) is 0 Å². The van der Waals surface area contributed by atoms with E-state index in [1.165, 1.54) is 20.8 Å². The van der Waals surface area contributed by atoms with E-state index in [4.69, 9.17) is 33.8 Å². The number of nitrogens with one attached hydrogen (secondary N) is 11. The number of nitrogens with zero attached hydrogens (tertiary/aromatic N) is 2. The number of likely N-dealkylation sites (tertiary alicyclic amines) is 1. The number of carboxylic acids is 1. The highest BCUT2D eigenvalue weighted by Crippen LogP contribution is 2.21. The number of aliphatic hydroxyl groups excluding tert-OH is 6. The Morgan fingerprint density at radius 3 is 1.38 bits per heavy atom. The summed E-state index contributed by atoms with van der Waals surface area (Å²) in [6.45, 7) is -1.37. The van der Waals surface area contributed by atoms with Crippen LogP contribution >= 0.6 is 0 Å². The first-order valence-corrected chi connectivity index (χ1v) is 28.1. The summed E-state index contributed by atoms with van der Waals surface area (Å²) in [6.07, 6.45) is -1.92. The number of aliphatic hydroxyl groups is 6. The van der Waals surface area contributed by atoms with E-state index in [2.05, 4.69) is 47.5 Å². The minimum Gasteiger partial charge on any atom is -0.480 e. The number of carbonyl (C=O) groups excluding carboxylic acids is 14. The van der Waals surface area contributed by atoms with Crippen molar-refractivity contribution in [1.82, 2.24) is 63.4 Å². The van der Waals surface area contributed by atoms with E-state index in [1.807, 2.05) is 16.0 Å². The molecule has 0 spiro atoms. The van der Waals surface area contributed by atoms with Gasteiger partial charge in [-0.3, -0.25) is 72.1 Å². The van der Waals surface area contributed by atoms with Crippen LogP contribution in [0, 0.1) is 11.8 Å². The number of hydrogen-bond donors (Lipinski definition) is 23. The van der Waals surface area contributed by atoms with Crippen molar-refractivity contribution < 1.29 is 108 Å². The summed E-state index contributed by atoms with van der Waals surface area (Å²) in [7, 11) is 0. The average Bonchev–Trinajstić information content (AvgIpc) is 2.72. The van der Waals surface area contributed by atoms with Crippen LogP contribution in [0.25, 0.3) is 0 Å². The second-order valence-electron chi connectivity index (χ2n) is 20.9. The van der Waals surface area contributed by atoms with Gasteiger partial charge in [-0.25, -0.2) is 4.79 Å². The lowest BCUT2D eigenvalue weighted by atomic mass is 9.96. The molecule has 40 nitrogen and oxygen atoms in total. The molecule has 0 aromatic heterocycles. The molecule has 14 amide bonds. The standard InChI is InChI=1S/C50H86N18O22/c1-5-22(4)37(67-40(80)25(12-33(52)75)60-42(82)28(17-71)64-44(84)30(19-73)63-41(81)27(16-70)58-35(77)14-57-38(78)23(51)15-69)47(87)59-24(8-6-10-56-50(54)55)39(79)62-29(18-72)43(83)61-26(13-34(53)76)48(88)68-11-7-9-32(68)45(85)66-36(21(2)3)46(86)65-31(20-74)49(89)90/h21-32,36-37,69-74H,5-20,51H2,1-4H3,(H2,52,75)(H2,53,76)(H,57,78)(H,58,77)(H,59,87)(H,60,82)(H,61,83)(H,62,79)(H,63,81)(H,64,84)(H,65,86)(H,66,85)(H,67,80)(H,89,90)(H4,54,55,56)/t22-,23-,24-,25-,26-,27-,28-,29-,30-,31-,32-,36-,37-/m0/s1. The molecule has 28 N–H and O–H groups in total. The van der Waals surface area contributed by atoms with Gasteiger partial charge >= 0.3 is 5.97 Å². The third kappa shape index (κ3) is 26.4. The number of nitrogens with two attached hydrogens (primary N) is 5. The monoisotopic (exact) mass is 1290 g/mol. The summed E-state index contributed by atoms with van der Waals surface area (Å²) in [6, 6.07) is -20.6. The normalized spacial score (nSPS) is 16.7. The molecule has 0 bridgehead atoms. The van der Waals surface area contributed by atoms with Crippen molar-refractivity contribution in [2.45, 2.75) is 145 Å². The zero-order valence-electron chi connectivity index (χ0n) is 49.9. The lowest BCUT2D eigenvalue weighted by Gasteiger charge is -2.31. The van der Waals surface area contributed by atoms with Crippen LogP contribution in [0.5, 0.6) is 0 Å². The van der Waals surface area contributed by atoms with Crippen LogP contribution < -0.4 is 87.2 Å². The topological polar surface area (TPSA) is 676 Å². The molecule has 0 aromatic carbocycles. The van der Waals surface area contributed by atoms with Gasteiger partial charge in [0.15, 0.2) is 5.96 Å². The molecule has 13 atom stereocenters. The second kappa shape index (κ2) is 39.8. The Bertz CT molecular complexity index is 2580. The van der Waals surface area contributed by atoms with Crippen molar-refractivity contribution in [1.29, 1.82) is 0 Å². The van der Waals surface area contributed by atoms with E-state index in [9.17, 15) is 103 Å². The minimum absolute atomic E-state index is 0.0115. The van der Waals surface area contributed by atoms with Crippen molar-refractivity contribution in [3.8, 4) is 0 Å². The maximum Gasteiger partial charge on any atom is 0.328 e. The van der Waals surface area contributed by atoms with Gasteiger partial charge in [-0.2, -0.15) is 0 Å². The Kier molecular flexibility index (Phi) is 35.0. The molecule has 1 aliphatic rings. The Balaban J connectivity index is 3.42. The van der Waals surface area contributed by atoms with Gasteiger partial charge in [-0.05, 0) is 37.5 Å². The molecular formula is C50H86N18O22. The van der Waals surface area contributed by atoms with Crippen molar-refractivity contribution in [2.24, 2.45) is 45.5 Å². The van der Waals surface area contributed by atoms with Gasteiger partial charge in [-0.15, -0.1) is 0 Å². The van der Waals surface area contributed by atoms with Crippen molar-refractivity contribution in [3.63, 3.8) is 0 Å². The molecule has 1 rings (SSSR count). The quantitative estimate of drug-likeness (QED) is 0.0154. The number of amides is 14. The van der Waals surface area contributed by atoms with E-state index in [1.54, 1.807) is 6.92 Å². The van der Waals surface area contributed by atoms with Gasteiger partial charge in [0.05, 0.1) is 59.0 Å². The Labute approximate surface area is 514 Å². The molecule has 1 heterocycles. The van der Waals surface area contributed by atoms with Gasteiger partial charge in [0.25, 0.3) is 0 Å². The fourth-order valence-corrected chi connectivity index (χ4v) is 8.30. The predicted molar refractivity (Wildman–Crippen MR) is 307 cm³/mol. The lowest BCUT2D eigenvalue weighted by Crippen LogP contribution is -2.62. The van der Waals surface area contributed by atoms with Crippen LogP contribution in [-0.4, -0.2) is 267 Å². The second-order valence-corrected chi connectivity index (χ2v) is 20.9. The van der Waals surface area contributed by atoms with E-state index in [-0.39, 0.29) is 51.2 Å². The first-order valence-electron chi connectivity index (χ1n) is 28.1. The number of rotatable bonds is 41. The predicted octanol–water partition coefficient (Wildman–Crippen LogP) is -14.2. The van der Waals surface area contributed by atoms with E-state index >= 15 is 0 Å². The highest BCUT2D eigenvalue weighted by molar-refractivity contribution is 6.01. The van der Waals surface area contributed by atoms with Gasteiger partial charge in [0.1, 0.15) is 72.5 Å². The Morgan fingerprint density at radius 1 is 0.511 bits per heavy atom. The third-order valence-electron chi connectivity index (χ3n) is 13.5. The van der Waals surface area contributed by atoms with Crippen molar-refractivity contribution in [3.05, 3.63) is 0 Å². The number of guanidine groups is 1. The van der Waals surface area contributed by atoms with Crippen LogP contribution in [0.15, 0.2) is 4.99 Å². The number of primary amides is 2. The summed E-state index contributed by atoms with van der Waals surface area (Å²) in [5.74, 6) is -19.5. The fourth-order valence-electron chi connectivity index (χ4n) is 8.30. The molecule has 0 unspecified atom stereocenters. The molecule has 90 heavy (non-hydrogen) atoms. The molecule has 0 saturated carbocycles. The molecule has 1 aliphatic heterocycles. The molecule has 0 radical (unpaired) electrons. The molecule has 40 heteroatoms. The summed E-state index contributed by atoms with van der Waals surface area (Å²) >= 11 is 0. The number of hydrogen-bond acceptors (Lipinski definition) is 23. The minimum atomic E-state index is -2.01. The largest absolute Gasteiger partial charge is 0.480 e. The molecule has 1 saturated heterocycles. The molecule has 0 aliphatic carbocycles. The summed E-state index contributed by atoms with van der Waals surface area (Å²) in [4.78, 5) is 201. The molecular weight excluding hydrogens is 1200 g/mol. The first kappa shape index (κ1) is 79.1. The molecule has 508 valence electrons. The summed E-state index contributed by atoms with van der Waals surface area (Å²) in [5.41, 5.74) is 27.1. The lowest BCUT2D eigenvalue weighted by molar-refractivity contribution is -0.145. The zero-order valence-corrected chi connectivity index (χ0v) is 49.9. The summed E-state index contributed by atoms with van der Waals surface area (Å²) in [5, 5.41) is 91.8. The van der Waals surface area contributed by atoms with E-state index in [0.717, 1.165) is 4.90 Å². The van der Waals surface area contributed by atoms with Gasteiger partial charge in [0.2, 0.25) is 82.7 Å². The number of aliphatic imine (C=N–C) groups is 1. The first-order chi connectivity index (χ1) is 42.2. The number of aliphatic carboxylic acids is 1. The Morgan fingerprint density at radius 2 is 0.933 bits per heavy atom. The third-order valence-corrected chi connectivity index (χ3v) is 13.5. The van der Waals surface area contributed by atoms with Crippen LogP contribution in [-0.2, 0) is 71.9 Å². The van der Waals surface area contributed by atoms with Crippen molar-refractivity contribution >= 4 is 94.6 Å². The van der Waals surface area contributed by atoms with Crippen LogP contribution in [0.1, 0.15) is 72.6 Å². The van der Waals surface area contributed by atoms with Crippen LogP contribution in [0.4, 0.5) is 0 Å². The zero-order chi connectivity index (χ0) is 68.7. The molecule has 0 aromatic rings. The highest BCUT2D eigenvalue weighted by Gasteiger charge is 2.42. The smallest absolute Gasteiger partial charge is 0.328 e. The fraction of sp³-hybridized carbons (Fsp3) is 0.680. The van der Waals surface area contributed by atoms with Crippen molar-refractivity contribution in [2.75, 3.05) is 59.3 Å². The van der Waals surface area contributed by atoms with E-state index < -0.39 is 232 Å². The van der Waals surface area contributed by atoms with Gasteiger partial charge in [0, 0.05) is 13.1 Å². The van der Waals surface area contributed by atoms with Gasteiger partial charge in [-0.1, -0.05) is 34.1 Å². The molecule has 1 fully saturated rings. The average molecular weight is 1290 g/mol. The number of carboxylic acid groups (broad SMARTS) is 1. The Hall–Kier alpha value is -8.96. The van der Waals surface area contributed by atoms with Crippen LogP contribution in [0.2, 0.25) is 0 Å².